The molecule has 0 fully saturated rings. The SMILES string of the molecule is CN(C)c1cc2nc(-c3ccc(OCc4ccccn4)c(Cl)c3)nc(N)c2cc1N. The average Bonchev–Trinajstić information content (AvgIpc) is 2.73. The Bertz CT molecular complexity index is 1210. The van der Waals surface area contributed by atoms with Gasteiger partial charge in [0.25, 0.3) is 0 Å². The third-order valence-electron chi connectivity index (χ3n) is 4.65. The lowest BCUT2D eigenvalue weighted by Crippen LogP contribution is -2.11. The summed E-state index contributed by atoms with van der Waals surface area (Å²) in [6, 6.07) is 14.8. The number of halogens is 1. The Morgan fingerprint density at radius 3 is 2.57 bits per heavy atom. The van der Waals surface area contributed by atoms with Crippen LogP contribution in [0.25, 0.3) is 22.3 Å². The van der Waals surface area contributed by atoms with Gasteiger partial charge in [-0.05, 0) is 42.5 Å². The van der Waals surface area contributed by atoms with Crippen LogP contribution in [0.3, 0.4) is 0 Å². The van der Waals surface area contributed by atoms with Crippen LogP contribution in [0.15, 0.2) is 54.7 Å². The summed E-state index contributed by atoms with van der Waals surface area (Å²) in [6.07, 6.45) is 1.72. The fourth-order valence-corrected chi connectivity index (χ4v) is 3.35. The Morgan fingerprint density at radius 2 is 1.87 bits per heavy atom. The lowest BCUT2D eigenvalue weighted by molar-refractivity contribution is 0.301. The zero-order valence-electron chi connectivity index (χ0n) is 16.6. The number of pyridine rings is 1. The Kier molecular flexibility index (Phi) is 5.29. The third-order valence-corrected chi connectivity index (χ3v) is 4.94. The van der Waals surface area contributed by atoms with Crippen LogP contribution in [-0.2, 0) is 6.61 Å². The molecule has 4 aromatic rings. The number of aromatic nitrogens is 3. The molecule has 0 spiro atoms. The summed E-state index contributed by atoms with van der Waals surface area (Å²) in [4.78, 5) is 15.3. The topological polar surface area (TPSA) is 103 Å². The molecule has 0 radical (unpaired) electrons. The van der Waals surface area contributed by atoms with Crippen molar-refractivity contribution in [1.82, 2.24) is 15.0 Å². The molecule has 0 aliphatic carbocycles. The van der Waals surface area contributed by atoms with Crippen LogP contribution in [0, 0.1) is 0 Å². The minimum absolute atomic E-state index is 0.327. The second-order valence-electron chi connectivity index (χ2n) is 7.01. The van der Waals surface area contributed by atoms with Gasteiger partial charge in [-0.15, -0.1) is 0 Å². The van der Waals surface area contributed by atoms with Crippen LogP contribution in [0.2, 0.25) is 5.02 Å². The standard InChI is InChI=1S/C22H21ClN6O/c1-29(2)19-11-18-15(10-17(19)24)21(25)28-22(27-18)13-6-7-20(16(23)9-13)30-12-14-5-3-4-8-26-14/h3-11H,12,24H2,1-2H3,(H2,25,27,28). The maximum atomic E-state index is 6.44. The summed E-state index contributed by atoms with van der Waals surface area (Å²) in [5, 5.41) is 1.17. The average molecular weight is 421 g/mol. The number of ether oxygens (including phenoxy) is 1. The second kappa shape index (κ2) is 8.04. The van der Waals surface area contributed by atoms with Crippen molar-refractivity contribution in [2.24, 2.45) is 0 Å². The molecule has 4 rings (SSSR count). The molecule has 2 heterocycles. The molecule has 0 aliphatic rings. The van der Waals surface area contributed by atoms with Gasteiger partial charge in [-0.3, -0.25) is 4.98 Å². The highest BCUT2D eigenvalue weighted by atomic mass is 35.5. The summed E-state index contributed by atoms with van der Waals surface area (Å²) in [5.41, 5.74) is 16.1. The van der Waals surface area contributed by atoms with Crippen LogP contribution in [0.1, 0.15) is 5.69 Å². The van der Waals surface area contributed by atoms with E-state index < -0.39 is 0 Å². The molecular formula is C22H21ClN6O. The van der Waals surface area contributed by atoms with Crippen LogP contribution in [-0.4, -0.2) is 29.0 Å². The van der Waals surface area contributed by atoms with E-state index in [0.29, 0.717) is 45.6 Å². The number of hydrogen-bond acceptors (Lipinski definition) is 7. The Morgan fingerprint density at radius 1 is 1.03 bits per heavy atom. The van der Waals surface area contributed by atoms with Gasteiger partial charge in [-0.2, -0.15) is 0 Å². The van der Waals surface area contributed by atoms with Gasteiger partial charge < -0.3 is 21.1 Å². The molecule has 30 heavy (non-hydrogen) atoms. The summed E-state index contributed by atoms with van der Waals surface area (Å²) in [5.74, 6) is 1.40. The van der Waals surface area contributed by atoms with Crippen molar-refractivity contribution < 1.29 is 4.74 Å². The van der Waals surface area contributed by atoms with Crippen molar-refractivity contribution in [3.05, 3.63) is 65.4 Å². The zero-order chi connectivity index (χ0) is 21.3. The zero-order valence-corrected chi connectivity index (χ0v) is 17.4. The largest absolute Gasteiger partial charge is 0.486 e. The van der Waals surface area contributed by atoms with Crippen molar-refractivity contribution in [2.75, 3.05) is 30.5 Å². The number of hydrogen-bond donors (Lipinski definition) is 2. The fraction of sp³-hybridized carbons (Fsp3) is 0.136. The van der Waals surface area contributed by atoms with Gasteiger partial charge in [0, 0.05) is 31.2 Å². The van der Waals surface area contributed by atoms with Crippen molar-refractivity contribution in [3.63, 3.8) is 0 Å². The minimum atomic E-state index is 0.327. The van der Waals surface area contributed by atoms with Gasteiger partial charge in [0.05, 0.1) is 27.6 Å². The molecule has 2 aromatic carbocycles. The van der Waals surface area contributed by atoms with Crippen molar-refractivity contribution in [1.29, 1.82) is 0 Å². The number of fused-ring (bicyclic) bond motifs is 1. The maximum Gasteiger partial charge on any atom is 0.162 e. The van der Waals surface area contributed by atoms with Crippen LogP contribution in [0.4, 0.5) is 17.2 Å². The van der Waals surface area contributed by atoms with E-state index in [4.69, 9.17) is 27.8 Å². The Balaban J connectivity index is 1.66. The van der Waals surface area contributed by atoms with Gasteiger partial charge in [0.15, 0.2) is 5.82 Å². The van der Waals surface area contributed by atoms with E-state index >= 15 is 0 Å². The fourth-order valence-electron chi connectivity index (χ4n) is 3.11. The first-order chi connectivity index (χ1) is 14.4. The number of rotatable bonds is 5. The number of nitrogen functional groups attached to an aromatic ring is 2. The molecule has 7 nitrogen and oxygen atoms in total. The van der Waals surface area contributed by atoms with E-state index in [-0.39, 0.29) is 0 Å². The molecular weight excluding hydrogens is 400 g/mol. The molecule has 152 valence electrons. The van der Waals surface area contributed by atoms with E-state index in [1.165, 1.54) is 0 Å². The first kappa shape index (κ1) is 19.7. The number of benzene rings is 2. The van der Waals surface area contributed by atoms with Crippen molar-refractivity contribution in [2.45, 2.75) is 6.61 Å². The van der Waals surface area contributed by atoms with E-state index in [9.17, 15) is 0 Å². The molecule has 0 unspecified atom stereocenters. The number of nitrogens with zero attached hydrogens (tertiary/aromatic N) is 4. The van der Waals surface area contributed by atoms with Gasteiger partial charge in [0.1, 0.15) is 18.2 Å². The normalized spacial score (nSPS) is 10.9. The molecule has 0 atom stereocenters. The Hall–Kier alpha value is -3.58. The van der Waals surface area contributed by atoms with Crippen LogP contribution < -0.4 is 21.1 Å². The molecule has 0 bridgehead atoms. The summed E-state index contributed by atoms with van der Waals surface area (Å²) >= 11 is 6.44. The van der Waals surface area contributed by atoms with Crippen molar-refractivity contribution >= 4 is 39.7 Å². The molecule has 0 aliphatic heterocycles. The van der Waals surface area contributed by atoms with Crippen LogP contribution >= 0.6 is 11.6 Å². The lowest BCUT2D eigenvalue weighted by Gasteiger charge is -2.16. The van der Waals surface area contributed by atoms with E-state index in [0.717, 1.165) is 16.9 Å². The lowest BCUT2D eigenvalue weighted by atomic mass is 10.1. The molecule has 0 amide bonds. The first-order valence-electron chi connectivity index (χ1n) is 9.29. The predicted octanol–water partition coefficient (Wildman–Crippen LogP) is 4.15. The quantitative estimate of drug-likeness (QED) is 0.467. The molecule has 0 saturated heterocycles. The number of nitrogens with two attached hydrogens (primary N) is 2. The molecule has 0 saturated carbocycles. The highest BCUT2D eigenvalue weighted by Crippen LogP contribution is 2.33. The molecule has 8 heteroatoms. The van der Waals surface area contributed by atoms with Gasteiger partial charge in [-0.1, -0.05) is 17.7 Å². The molecule has 2 aromatic heterocycles. The van der Waals surface area contributed by atoms with Crippen molar-refractivity contribution in [3.8, 4) is 17.1 Å². The van der Waals surface area contributed by atoms with E-state index in [1.807, 2.05) is 49.3 Å². The molecule has 4 N–H and O–H groups in total. The minimum Gasteiger partial charge on any atom is -0.486 e. The highest BCUT2D eigenvalue weighted by Gasteiger charge is 2.13. The van der Waals surface area contributed by atoms with Gasteiger partial charge in [0.2, 0.25) is 0 Å². The summed E-state index contributed by atoms with van der Waals surface area (Å²) in [6.45, 7) is 0.327. The van der Waals surface area contributed by atoms with E-state index in [1.54, 1.807) is 24.4 Å². The maximum absolute atomic E-state index is 6.44. The predicted molar refractivity (Wildman–Crippen MR) is 122 cm³/mol. The third kappa shape index (κ3) is 3.92. The highest BCUT2D eigenvalue weighted by molar-refractivity contribution is 6.32. The number of anilines is 3. The van der Waals surface area contributed by atoms with Gasteiger partial charge >= 0.3 is 0 Å². The van der Waals surface area contributed by atoms with Crippen LogP contribution in [0.5, 0.6) is 5.75 Å². The van der Waals surface area contributed by atoms with Gasteiger partial charge in [-0.25, -0.2) is 9.97 Å². The Labute approximate surface area is 179 Å². The monoisotopic (exact) mass is 420 g/mol. The summed E-state index contributed by atoms with van der Waals surface area (Å²) in [7, 11) is 3.85. The smallest absolute Gasteiger partial charge is 0.162 e. The first-order valence-corrected chi connectivity index (χ1v) is 9.67. The summed E-state index contributed by atoms with van der Waals surface area (Å²) < 4.78 is 5.78. The van der Waals surface area contributed by atoms with E-state index in [2.05, 4.69) is 15.0 Å². The second-order valence-corrected chi connectivity index (χ2v) is 7.42.